The lowest BCUT2D eigenvalue weighted by atomic mass is 10.1. The minimum atomic E-state index is -0.0357. The Morgan fingerprint density at radius 2 is 2.25 bits per heavy atom. The lowest BCUT2D eigenvalue weighted by Crippen LogP contribution is -2.10. The van der Waals surface area contributed by atoms with Crippen LogP contribution < -0.4 is 5.32 Å². The van der Waals surface area contributed by atoms with Crippen LogP contribution >= 0.6 is 0 Å². The molecule has 102 valence electrons. The van der Waals surface area contributed by atoms with Crippen LogP contribution in [-0.2, 0) is 0 Å². The van der Waals surface area contributed by atoms with Gasteiger partial charge in [0.15, 0.2) is 5.82 Å². The van der Waals surface area contributed by atoms with E-state index in [4.69, 9.17) is 0 Å². The van der Waals surface area contributed by atoms with Crippen molar-refractivity contribution in [1.29, 1.82) is 0 Å². The number of rotatable bonds is 3. The molecule has 0 amide bonds. The summed E-state index contributed by atoms with van der Waals surface area (Å²) in [4.78, 5) is 15.5. The summed E-state index contributed by atoms with van der Waals surface area (Å²) < 4.78 is 0. The number of aliphatic imine (C=N–C) groups is 1. The van der Waals surface area contributed by atoms with E-state index < -0.39 is 0 Å². The van der Waals surface area contributed by atoms with Gasteiger partial charge in [-0.1, -0.05) is 0 Å². The van der Waals surface area contributed by atoms with Crippen LogP contribution in [0.25, 0.3) is 11.6 Å². The lowest BCUT2D eigenvalue weighted by Gasteiger charge is -2.04. The molecular formula is C14H15N5O. The van der Waals surface area contributed by atoms with Crippen molar-refractivity contribution in [2.24, 2.45) is 4.99 Å². The molecule has 1 aliphatic heterocycles. The van der Waals surface area contributed by atoms with E-state index in [-0.39, 0.29) is 11.9 Å². The molecular weight excluding hydrogens is 254 g/mol. The number of hydrogen-bond donors (Lipinski definition) is 3. The number of anilines is 1. The minimum absolute atomic E-state index is 0.0357. The highest BCUT2D eigenvalue weighted by Gasteiger charge is 2.15. The van der Waals surface area contributed by atoms with Gasteiger partial charge in [-0.05, 0) is 32.1 Å². The number of allylic oxidation sites excluding steroid dienone is 1. The third-order valence-corrected chi connectivity index (χ3v) is 2.86. The number of aromatic hydroxyl groups is 1. The van der Waals surface area contributed by atoms with Crippen molar-refractivity contribution in [3.8, 4) is 5.88 Å². The fourth-order valence-electron chi connectivity index (χ4n) is 2.02. The summed E-state index contributed by atoms with van der Waals surface area (Å²) in [7, 11) is 0. The Balaban J connectivity index is 1.94. The van der Waals surface area contributed by atoms with Gasteiger partial charge in [0.25, 0.3) is 0 Å². The van der Waals surface area contributed by atoms with Crippen molar-refractivity contribution in [2.75, 3.05) is 5.32 Å². The number of H-pyrrole nitrogens is 1. The Kier molecular flexibility index (Phi) is 2.98. The van der Waals surface area contributed by atoms with Crippen LogP contribution in [-0.4, -0.2) is 32.3 Å². The second-order valence-electron chi connectivity index (χ2n) is 4.85. The summed E-state index contributed by atoms with van der Waals surface area (Å²) in [5.41, 5.74) is 2.38. The van der Waals surface area contributed by atoms with Crippen LogP contribution in [0.3, 0.4) is 0 Å². The van der Waals surface area contributed by atoms with Crippen LogP contribution in [0.15, 0.2) is 23.3 Å². The Bertz CT molecular complexity index is 699. The lowest BCUT2D eigenvalue weighted by molar-refractivity contribution is 0.455. The first-order valence-electron chi connectivity index (χ1n) is 6.40. The molecule has 0 unspecified atom stereocenters. The SMILES string of the molecule is CC(C)Nc1nc(O)c(/C=C2\C=Nc3ncccc32)[nH]1. The summed E-state index contributed by atoms with van der Waals surface area (Å²) >= 11 is 0. The fourth-order valence-corrected chi connectivity index (χ4v) is 2.02. The highest BCUT2D eigenvalue weighted by molar-refractivity contribution is 6.20. The Morgan fingerprint density at radius 3 is 3.05 bits per heavy atom. The first-order chi connectivity index (χ1) is 9.63. The minimum Gasteiger partial charge on any atom is -0.492 e. The largest absolute Gasteiger partial charge is 0.492 e. The second kappa shape index (κ2) is 4.80. The number of aromatic nitrogens is 3. The Hall–Kier alpha value is -2.63. The standard InChI is InChI=1S/C14H15N5O/c1-8(2)17-14-18-11(13(20)19-14)6-9-7-16-12-10(9)4-3-5-15-12/h3-8,20H,1-2H3,(H2,17,18,19)/b9-6+. The van der Waals surface area contributed by atoms with Crippen molar-refractivity contribution in [2.45, 2.75) is 19.9 Å². The van der Waals surface area contributed by atoms with Gasteiger partial charge in [-0.3, -0.25) is 0 Å². The van der Waals surface area contributed by atoms with Gasteiger partial charge in [0.1, 0.15) is 5.69 Å². The van der Waals surface area contributed by atoms with Crippen LogP contribution in [0.5, 0.6) is 5.88 Å². The zero-order chi connectivity index (χ0) is 14.1. The molecule has 1 aliphatic rings. The van der Waals surface area contributed by atoms with Crippen molar-refractivity contribution in [3.63, 3.8) is 0 Å². The maximum absolute atomic E-state index is 9.87. The molecule has 0 aromatic carbocycles. The van der Waals surface area contributed by atoms with Crippen LogP contribution in [0.2, 0.25) is 0 Å². The molecule has 6 heteroatoms. The second-order valence-corrected chi connectivity index (χ2v) is 4.85. The van der Waals surface area contributed by atoms with Crippen LogP contribution in [0, 0.1) is 0 Å². The van der Waals surface area contributed by atoms with E-state index in [1.54, 1.807) is 12.4 Å². The van der Waals surface area contributed by atoms with Gasteiger partial charge in [0.2, 0.25) is 11.8 Å². The molecule has 0 saturated heterocycles. The summed E-state index contributed by atoms with van der Waals surface area (Å²) in [6.07, 6.45) is 5.25. The zero-order valence-electron chi connectivity index (χ0n) is 11.3. The molecule has 0 atom stereocenters. The highest BCUT2D eigenvalue weighted by atomic mass is 16.3. The summed E-state index contributed by atoms with van der Waals surface area (Å²) in [6, 6.07) is 4.04. The first kappa shape index (κ1) is 12.4. The number of aromatic amines is 1. The van der Waals surface area contributed by atoms with E-state index in [0.717, 1.165) is 11.1 Å². The van der Waals surface area contributed by atoms with Crippen molar-refractivity contribution < 1.29 is 5.11 Å². The highest BCUT2D eigenvalue weighted by Crippen LogP contribution is 2.31. The van der Waals surface area contributed by atoms with Gasteiger partial charge >= 0.3 is 0 Å². The number of nitrogens with one attached hydrogen (secondary N) is 2. The number of pyridine rings is 1. The van der Waals surface area contributed by atoms with Gasteiger partial charge in [-0.25, -0.2) is 9.98 Å². The van der Waals surface area contributed by atoms with Gasteiger partial charge in [0.05, 0.1) is 0 Å². The maximum atomic E-state index is 9.87. The van der Waals surface area contributed by atoms with Crippen molar-refractivity contribution >= 4 is 29.6 Å². The molecule has 0 bridgehead atoms. The zero-order valence-corrected chi connectivity index (χ0v) is 11.3. The number of hydrogen-bond acceptors (Lipinski definition) is 5. The molecule has 0 fully saturated rings. The third-order valence-electron chi connectivity index (χ3n) is 2.86. The average Bonchev–Trinajstić information content (AvgIpc) is 2.95. The summed E-state index contributed by atoms with van der Waals surface area (Å²) in [5, 5.41) is 13.0. The molecule has 0 aliphatic carbocycles. The van der Waals surface area contributed by atoms with Crippen LogP contribution in [0.4, 0.5) is 11.8 Å². The maximum Gasteiger partial charge on any atom is 0.238 e. The number of fused-ring (bicyclic) bond motifs is 1. The topological polar surface area (TPSA) is 86.2 Å². The monoisotopic (exact) mass is 269 g/mol. The van der Waals surface area contributed by atoms with E-state index in [1.807, 2.05) is 32.1 Å². The average molecular weight is 269 g/mol. The quantitative estimate of drug-likeness (QED) is 0.799. The molecule has 6 nitrogen and oxygen atoms in total. The predicted molar refractivity (Wildman–Crippen MR) is 79.3 cm³/mol. The summed E-state index contributed by atoms with van der Waals surface area (Å²) in [6.45, 7) is 4.01. The number of nitrogens with zero attached hydrogens (tertiary/aromatic N) is 3. The molecule has 3 rings (SSSR count). The smallest absolute Gasteiger partial charge is 0.238 e. The molecule has 2 aromatic rings. The van der Waals surface area contributed by atoms with E-state index >= 15 is 0 Å². The van der Waals surface area contributed by atoms with Crippen molar-refractivity contribution in [1.82, 2.24) is 15.0 Å². The van der Waals surface area contributed by atoms with Gasteiger partial charge in [0, 0.05) is 29.6 Å². The van der Waals surface area contributed by atoms with E-state index in [0.29, 0.717) is 17.5 Å². The number of imidazole rings is 1. The van der Waals surface area contributed by atoms with E-state index in [1.165, 1.54) is 0 Å². The fraction of sp³-hybridized carbons (Fsp3) is 0.214. The van der Waals surface area contributed by atoms with Crippen molar-refractivity contribution in [3.05, 3.63) is 29.6 Å². The predicted octanol–water partition coefficient (Wildman–Crippen LogP) is 2.59. The molecule has 0 spiro atoms. The Labute approximate surface area is 116 Å². The molecule has 0 radical (unpaired) electrons. The van der Waals surface area contributed by atoms with Gasteiger partial charge in [-0.2, -0.15) is 4.98 Å². The molecule has 3 heterocycles. The first-order valence-corrected chi connectivity index (χ1v) is 6.40. The van der Waals surface area contributed by atoms with E-state index in [2.05, 4.69) is 25.3 Å². The van der Waals surface area contributed by atoms with Gasteiger partial charge < -0.3 is 15.4 Å². The third kappa shape index (κ3) is 2.27. The molecule has 20 heavy (non-hydrogen) atoms. The summed E-state index contributed by atoms with van der Waals surface area (Å²) in [5.74, 6) is 1.20. The van der Waals surface area contributed by atoms with Crippen LogP contribution in [0.1, 0.15) is 25.1 Å². The molecule has 3 N–H and O–H groups in total. The van der Waals surface area contributed by atoms with Gasteiger partial charge in [-0.15, -0.1) is 0 Å². The molecule has 2 aromatic heterocycles. The Morgan fingerprint density at radius 1 is 1.40 bits per heavy atom. The van der Waals surface area contributed by atoms with E-state index in [9.17, 15) is 5.11 Å². The molecule has 0 saturated carbocycles. The normalized spacial score (nSPS) is 15.1.